The van der Waals surface area contributed by atoms with Gasteiger partial charge in [0, 0.05) is 11.3 Å². The third kappa shape index (κ3) is 3.71. The molecule has 2 aliphatic rings. The Labute approximate surface area is 158 Å². The first-order valence-corrected chi connectivity index (χ1v) is 8.95. The molecule has 2 aliphatic heterocycles. The Kier molecular flexibility index (Phi) is 4.80. The van der Waals surface area contributed by atoms with Crippen molar-refractivity contribution in [2.24, 2.45) is 10.9 Å². The fourth-order valence-electron chi connectivity index (χ4n) is 3.82. The number of halogens is 1. The molecule has 27 heavy (non-hydrogen) atoms. The van der Waals surface area contributed by atoms with E-state index in [1.54, 1.807) is 26.8 Å². The average Bonchev–Trinajstić information content (AvgIpc) is 2.86. The van der Waals surface area contributed by atoms with E-state index in [1.165, 1.54) is 12.1 Å². The van der Waals surface area contributed by atoms with Crippen molar-refractivity contribution in [3.05, 3.63) is 29.6 Å². The molecular weight excluding hydrogens is 353 g/mol. The smallest absolute Gasteiger partial charge is 0.415 e. The van der Waals surface area contributed by atoms with Gasteiger partial charge in [-0.3, -0.25) is 0 Å². The van der Waals surface area contributed by atoms with Gasteiger partial charge in [-0.15, -0.1) is 0 Å². The standard InChI is InChI=1S/C19H26FN3O4/c1-10-15-11(2)26-16(22-17(24)27-18(3,4)5)23-19(15,9-25-10)13-8-12(21)6-7-14(13)20/h6-8,10-11,15H,9,21H2,1-5H3,(H,22,23,24). The summed E-state index contributed by atoms with van der Waals surface area (Å²) in [7, 11) is 0. The van der Waals surface area contributed by atoms with Crippen molar-refractivity contribution in [3.8, 4) is 0 Å². The lowest BCUT2D eigenvalue weighted by Crippen LogP contribution is -2.51. The second-order valence-corrected chi connectivity index (χ2v) is 8.07. The fourth-order valence-corrected chi connectivity index (χ4v) is 3.82. The molecular formula is C19H26FN3O4. The van der Waals surface area contributed by atoms with Gasteiger partial charge < -0.3 is 19.9 Å². The molecule has 4 atom stereocenters. The summed E-state index contributed by atoms with van der Waals surface area (Å²) in [6.07, 6.45) is -1.26. The van der Waals surface area contributed by atoms with Crippen molar-refractivity contribution in [2.45, 2.75) is 58.0 Å². The van der Waals surface area contributed by atoms with Crippen molar-refractivity contribution in [3.63, 3.8) is 0 Å². The number of carbonyl (C=O) groups excluding carboxylic acids is 1. The average molecular weight is 379 g/mol. The van der Waals surface area contributed by atoms with E-state index in [0.717, 1.165) is 0 Å². The van der Waals surface area contributed by atoms with E-state index in [0.29, 0.717) is 11.3 Å². The number of nitrogens with zero attached hydrogens (tertiary/aromatic N) is 1. The van der Waals surface area contributed by atoms with Crippen molar-refractivity contribution in [1.82, 2.24) is 5.32 Å². The van der Waals surface area contributed by atoms with Gasteiger partial charge in [-0.2, -0.15) is 0 Å². The Morgan fingerprint density at radius 2 is 2.07 bits per heavy atom. The first-order chi connectivity index (χ1) is 12.5. The van der Waals surface area contributed by atoms with Gasteiger partial charge >= 0.3 is 6.09 Å². The summed E-state index contributed by atoms with van der Waals surface area (Å²) in [5, 5.41) is 2.52. The highest BCUT2D eigenvalue weighted by atomic mass is 19.1. The van der Waals surface area contributed by atoms with Crippen LogP contribution in [0.15, 0.2) is 23.2 Å². The molecule has 0 spiro atoms. The van der Waals surface area contributed by atoms with Crippen LogP contribution in [0.1, 0.15) is 40.2 Å². The largest absolute Gasteiger partial charge is 0.461 e. The molecule has 3 N–H and O–H groups in total. The van der Waals surface area contributed by atoms with Gasteiger partial charge in [-0.1, -0.05) is 0 Å². The van der Waals surface area contributed by atoms with E-state index in [1.807, 2.05) is 13.8 Å². The number of aliphatic imine (C=N–C) groups is 1. The monoisotopic (exact) mass is 379 g/mol. The molecule has 2 heterocycles. The number of carbonyl (C=O) groups is 1. The normalized spacial score (nSPS) is 30.1. The summed E-state index contributed by atoms with van der Waals surface area (Å²) >= 11 is 0. The Morgan fingerprint density at radius 1 is 1.37 bits per heavy atom. The number of ether oxygens (including phenoxy) is 3. The van der Waals surface area contributed by atoms with Crippen molar-refractivity contribution in [1.29, 1.82) is 0 Å². The Bertz CT molecular complexity index is 777. The summed E-state index contributed by atoms with van der Waals surface area (Å²) in [5.74, 6) is -0.667. The summed E-state index contributed by atoms with van der Waals surface area (Å²) in [6.45, 7) is 9.17. The van der Waals surface area contributed by atoms with Gasteiger partial charge in [0.25, 0.3) is 6.02 Å². The topological polar surface area (TPSA) is 95.2 Å². The minimum atomic E-state index is -1.04. The number of nitrogens with two attached hydrogens (primary N) is 1. The van der Waals surface area contributed by atoms with Crippen LogP contribution in [0.5, 0.6) is 0 Å². The molecule has 4 unspecified atom stereocenters. The third-order valence-corrected chi connectivity index (χ3v) is 4.79. The molecule has 0 radical (unpaired) electrons. The first kappa shape index (κ1) is 19.4. The van der Waals surface area contributed by atoms with E-state index < -0.39 is 23.1 Å². The van der Waals surface area contributed by atoms with E-state index in [9.17, 15) is 9.18 Å². The number of nitrogen functional groups attached to an aromatic ring is 1. The molecule has 7 nitrogen and oxygen atoms in total. The number of anilines is 1. The molecule has 1 fully saturated rings. The van der Waals surface area contributed by atoms with Gasteiger partial charge in [0.1, 0.15) is 23.1 Å². The molecule has 1 amide bonds. The zero-order chi connectivity index (χ0) is 20.0. The van der Waals surface area contributed by atoms with Crippen LogP contribution in [-0.4, -0.2) is 36.5 Å². The van der Waals surface area contributed by atoms with E-state index in [4.69, 9.17) is 19.9 Å². The quantitative estimate of drug-likeness (QED) is 0.732. The number of alkyl carbamates (subject to hydrolysis) is 1. The number of nitrogens with one attached hydrogen (secondary N) is 1. The molecule has 1 aromatic carbocycles. The molecule has 0 saturated carbocycles. The fraction of sp³-hybridized carbons (Fsp3) is 0.579. The van der Waals surface area contributed by atoms with Crippen LogP contribution in [0, 0.1) is 11.7 Å². The second kappa shape index (κ2) is 6.67. The number of fused-ring (bicyclic) bond motifs is 1. The summed E-state index contributed by atoms with van der Waals surface area (Å²) in [5.41, 5.74) is 4.93. The highest BCUT2D eigenvalue weighted by molar-refractivity contribution is 5.91. The molecule has 0 aromatic heterocycles. The lowest BCUT2D eigenvalue weighted by atomic mass is 9.75. The van der Waals surface area contributed by atoms with Gasteiger partial charge in [0.05, 0.1) is 18.6 Å². The molecule has 148 valence electrons. The van der Waals surface area contributed by atoms with Crippen LogP contribution < -0.4 is 11.1 Å². The lowest BCUT2D eigenvalue weighted by molar-refractivity contribution is 0.0333. The van der Waals surface area contributed by atoms with Crippen LogP contribution in [0.25, 0.3) is 0 Å². The molecule has 1 aromatic rings. The highest BCUT2D eigenvalue weighted by Crippen LogP contribution is 2.48. The SMILES string of the molecule is CC1OCC2(c3cc(N)ccc3F)N=C(NC(=O)OC(C)(C)C)OC(C)C12. The predicted molar refractivity (Wildman–Crippen MR) is 98.7 cm³/mol. The van der Waals surface area contributed by atoms with E-state index >= 15 is 0 Å². The predicted octanol–water partition coefficient (Wildman–Crippen LogP) is 2.94. The van der Waals surface area contributed by atoms with E-state index in [-0.39, 0.29) is 30.8 Å². The number of benzene rings is 1. The summed E-state index contributed by atoms with van der Waals surface area (Å²) in [6, 6.07) is 4.36. The second-order valence-electron chi connectivity index (χ2n) is 8.07. The number of amides is 1. The maximum Gasteiger partial charge on any atom is 0.415 e. The highest BCUT2D eigenvalue weighted by Gasteiger charge is 2.56. The van der Waals surface area contributed by atoms with Crippen molar-refractivity contribution < 1.29 is 23.4 Å². The number of hydrogen-bond acceptors (Lipinski definition) is 6. The van der Waals surface area contributed by atoms with Crippen LogP contribution in [0.3, 0.4) is 0 Å². The molecule has 1 saturated heterocycles. The number of hydrogen-bond donors (Lipinski definition) is 2. The Morgan fingerprint density at radius 3 is 2.74 bits per heavy atom. The molecule has 0 aliphatic carbocycles. The summed E-state index contributed by atoms with van der Waals surface area (Å²) < 4.78 is 31.6. The number of amidine groups is 1. The lowest BCUT2D eigenvalue weighted by Gasteiger charge is -2.40. The summed E-state index contributed by atoms with van der Waals surface area (Å²) in [4.78, 5) is 16.7. The maximum atomic E-state index is 14.7. The van der Waals surface area contributed by atoms with E-state index in [2.05, 4.69) is 10.3 Å². The zero-order valence-corrected chi connectivity index (χ0v) is 16.2. The maximum absolute atomic E-state index is 14.7. The Balaban J connectivity index is 2.02. The molecule has 8 heteroatoms. The molecule has 3 rings (SSSR count). The van der Waals surface area contributed by atoms with Crippen LogP contribution in [-0.2, 0) is 19.7 Å². The Hall–Kier alpha value is -2.35. The van der Waals surface area contributed by atoms with Gasteiger partial charge in [0.15, 0.2) is 0 Å². The van der Waals surface area contributed by atoms with Gasteiger partial charge in [0.2, 0.25) is 0 Å². The van der Waals surface area contributed by atoms with Crippen LogP contribution in [0.2, 0.25) is 0 Å². The molecule has 0 bridgehead atoms. The number of rotatable bonds is 1. The van der Waals surface area contributed by atoms with Gasteiger partial charge in [-0.05, 0) is 52.8 Å². The minimum absolute atomic E-state index is 0.0208. The van der Waals surface area contributed by atoms with Crippen LogP contribution >= 0.6 is 0 Å². The van der Waals surface area contributed by atoms with Crippen molar-refractivity contribution in [2.75, 3.05) is 12.3 Å². The first-order valence-electron chi connectivity index (χ1n) is 8.95. The van der Waals surface area contributed by atoms with Crippen molar-refractivity contribution >= 4 is 17.8 Å². The minimum Gasteiger partial charge on any atom is -0.461 e. The zero-order valence-electron chi connectivity index (χ0n) is 16.2. The van der Waals surface area contributed by atoms with Crippen LogP contribution in [0.4, 0.5) is 14.9 Å². The third-order valence-electron chi connectivity index (χ3n) is 4.79. The van der Waals surface area contributed by atoms with Gasteiger partial charge in [-0.25, -0.2) is 19.5 Å².